The van der Waals surface area contributed by atoms with Crippen molar-refractivity contribution in [1.82, 2.24) is 15.0 Å². The number of nitrogens with zero attached hydrogens (tertiary/aromatic N) is 4. The van der Waals surface area contributed by atoms with E-state index in [1.165, 1.54) is 18.3 Å². The molecule has 0 saturated heterocycles. The van der Waals surface area contributed by atoms with E-state index in [2.05, 4.69) is 20.4 Å². The second-order valence-electron chi connectivity index (χ2n) is 6.45. The maximum Gasteiger partial charge on any atom is 0.293 e. The van der Waals surface area contributed by atoms with Crippen molar-refractivity contribution in [3.8, 4) is 0 Å². The molecule has 0 fully saturated rings. The zero-order valence-electron chi connectivity index (χ0n) is 15.9. The number of benzene rings is 2. The molecule has 2 aromatic carbocycles. The summed E-state index contributed by atoms with van der Waals surface area (Å²) < 4.78 is 29.5. The molecule has 3 aromatic rings. The van der Waals surface area contributed by atoms with Crippen LogP contribution in [0.4, 0.5) is 17.1 Å². The van der Waals surface area contributed by atoms with Crippen molar-refractivity contribution in [2.45, 2.75) is 25.3 Å². The molecule has 152 valence electrons. The molecule has 0 spiro atoms. The molecule has 0 unspecified atom stereocenters. The van der Waals surface area contributed by atoms with Crippen molar-refractivity contribution in [1.29, 1.82) is 0 Å². The summed E-state index contributed by atoms with van der Waals surface area (Å²) in [7, 11) is -3.98. The number of hydrogen-bond donors (Lipinski definition) is 2. The van der Waals surface area contributed by atoms with Crippen molar-refractivity contribution >= 4 is 27.1 Å². The topological polar surface area (TPSA) is 132 Å². The summed E-state index contributed by atoms with van der Waals surface area (Å²) in [5.74, 6) is 0. The van der Waals surface area contributed by atoms with Gasteiger partial charge in [-0.1, -0.05) is 22.9 Å². The van der Waals surface area contributed by atoms with Crippen molar-refractivity contribution in [3.05, 3.63) is 70.0 Å². The van der Waals surface area contributed by atoms with E-state index < -0.39 is 14.9 Å². The maximum atomic E-state index is 12.7. The third kappa shape index (κ3) is 4.88. The van der Waals surface area contributed by atoms with Crippen LogP contribution in [0.1, 0.15) is 11.1 Å². The summed E-state index contributed by atoms with van der Waals surface area (Å²) >= 11 is 0. The average molecular weight is 416 g/mol. The Morgan fingerprint density at radius 1 is 1.14 bits per heavy atom. The SMILES string of the molecule is Cc1ccc(NS(=O)(=O)c2ccc(NCCn3ccnn3)c([N+](=O)[O-])c2)c(C)c1. The molecule has 0 aliphatic heterocycles. The van der Waals surface area contributed by atoms with Gasteiger partial charge in [-0.2, -0.15) is 0 Å². The number of anilines is 2. The zero-order valence-corrected chi connectivity index (χ0v) is 16.7. The fourth-order valence-corrected chi connectivity index (χ4v) is 3.92. The molecule has 10 nitrogen and oxygen atoms in total. The Bertz CT molecular complexity index is 1130. The molecule has 0 saturated carbocycles. The molecular formula is C18H20N6O4S. The minimum Gasteiger partial charge on any atom is -0.378 e. The third-order valence-electron chi connectivity index (χ3n) is 4.23. The predicted molar refractivity (Wildman–Crippen MR) is 108 cm³/mol. The summed E-state index contributed by atoms with van der Waals surface area (Å²) in [6, 6.07) is 9.06. The second kappa shape index (κ2) is 8.27. The van der Waals surface area contributed by atoms with Crippen molar-refractivity contribution in [3.63, 3.8) is 0 Å². The van der Waals surface area contributed by atoms with Gasteiger partial charge in [0.05, 0.1) is 28.2 Å². The number of nitrogens with one attached hydrogen (secondary N) is 2. The molecule has 0 atom stereocenters. The van der Waals surface area contributed by atoms with Crippen LogP contribution in [-0.2, 0) is 16.6 Å². The molecule has 3 rings (SSSR count). The van der Waals surface area contributed by atoms with Gasteiger partial charge in [0.1, 0.15) is 5.69 Å². The lowest BCUT2D eigenvalue weighted by Crippen LogP contribution is -2.15. The highest BCUT2D eigenvalue weighted by atomic mass is 32.2. The Kier molecular flexibility index (Phi) is 5.78. The van der Waals surface area contributed by atoms with Crippen LogP contribution in [-0.4, -0.2) is 34.9 Å². The highest BCUT2D eigenvalue weighted by molar-refractivity contribution is 7.92. The van der Waals surface area contributed by atoms with Crippen molar-refractivity contribution in [2.75, 3.05) is 16.6 Å². The Labute approximate surface area is 167 Å². The van der Waals surface area contributed by atoms with Crippen molar-refractivity contribution in [2.24, 2.45) is 0 Å². The fourth-order valence-electron chi connectivity index (χ4n) is 2.77. The lowest BCUT2D eigenvalue weighted by atomic mass is 10.1. The maximum absolute atomic E-state index is 12.7. The highest BCUT2D eigenvalue weighted by Gasteiger charge is 2.22. The third-order valence-corrected chi connectivity index (χ3v) is 5.59. The van der Waals surface area contributed by atoms with E-state index in [0.717, 1.165) is 17.2 Å². The van der Waals surface area contributed by atoms with Crippen LogP contribution < -0.4 is 10.0 Å². The first-order chi connectivity index (χ1) is 13.8. The van der Waals surface area contributed by atoms with Crippen LogP contribution in [0.2, 0.25) is 0 Å². The lowest BCUT2D eigenvalue weighted by Gasteiger charge is -2.12. The molecule has 1 aromatic heterocycles. The van der Waals surface area contributed by atoms with Gasteiger partial charge in [-0.3, -0.25) is 19.5 Å². The van der Waals surface area contributed by atoms with Crippen LogP contribution in [0, 0.1) is 24.0 Å². The van der Waals surface area contributed by atoms with E-state index in [1.807, 2.05) is 13.0 Å². The largest absolute Gasteiger partial charge is 0.378 e. The highest BCUT2D eigenvalue weighted by Crippen LogP contribution is 2.29. The van der Waals surface area contributed by atoms with E-state index in [4.69, 9.17) is 0 Å². The first-order valence-electron chi connectivity index (χ1n) is 8.73. The number of rotatable bonds is 8. The Hall–Kier alpha value is -3.47. The van der Waals surface area contributed by atoms with Gasteiger partial charge in [0.15, 0.2) is 0 Å². The molecule has 0 aliphatic rings. The molecule has 2 N–H and O–H groups in total. The summed E-state index contributed by atoms with van der Waals surface area (Å²) in [6.07, 6.45) is 3.20. The summed E-state index contributed by atoms with van der Waals surface area (Å²) in [6.45, 7) is 4.50. The monoisotopic (exact) mass is 416 g/mol. The second-order valence-corrected chi connectivity index (χ2v) is 8.14. The molecular weight excluding hydrogens is 396 g/mol. The van der Waals surface area contributed by atoms with Gasteiger partial charge >= 0.3 is 0 Å². The normalized spacial score (nSPS) is 11.2. The van der Waals surface area contributed by atoms with E-state index in [-0.39, 0.29) is 16.3 Å². The molecule has 0 bridgehead atoms. The Balaban J connectivity index is 1.81. The molecule has 29 heavy (non-hydrogen) atoms. The number of nitro groups is 1. The standard InChI is InChI=1S/C18H20N6O4S/c1-13-3-5-16(14(2)11-13)21-29(27,28)15-4-6-17(18(12-15)24(25)26)19-7-9-23-10-8-20-22-23/h3-6,8,10-12,19,21H,7,9H2,1-2H3. The fraction of sp³-hybridized carbons (Fsp3) is 0.222. The summed E-state index contributed by atoms with van der Waals surface area (Å²) in [5, 5.41) is 21.9. The van der Waals surface area contributed by atoms with E-state index in [0.29, 0.717) is 18.8 Å². The first-order valence-corrected chi connectivity index (χ1v) is 10.2. The Morgan fingerprint density at radius 3 is 2.55 bits per heavy atom. The number of sulfonamides is 1. The number of aromatic nitrogens is 3. The van der Waals surface area contributed by atoms with Crippen LogP contribution in [0.15, 0.2) is 53.7 Å². The van der Waals surface area contributed by atoms with Crippen molar-refractivity contribution < 1.29 is 13.3 Å². The number of hydrogen-bond acceptors (Lipinski definition) is 7. The summed E-state index contributed by atoms with van der Waals surface area (Å²) in [5.41, 5.74) is 2.08. The van der Waals surface area contributed by atoms with Gasteiger partial charge in [0.25, 0.3) is 15.7 Å². The average Bonchev–Trinajstić information content (AvgIpc) is 3.17. The quantitative estimate of drug-likeness (QED) is 0.426. The zero-order chi connectivity index (χ0) is 21.0. The molecule has 11 heteroatoms. The molecule has 0 amide bonds. The minimum atomic E-state index is -3.98. The molecule has 1 heterocycles. The smallest absolute Gasteiger partial charge is 0.293 e. The predicted octanol–water partition coefficient (Wildman–Crippen LogP) is 2.72. The lowest BCUT2D eigenvalue weighted by molar-refractivity contribution is -0.384. The Morgan fingerprint density at radius 2 is 1.90 bits per heavy atom. The number of aryl methyl sites for hydroxylation is 2. The summed E-state index contributed by atoms with van der Waals surface area (Å²) in [4.78, 5) is 10.7. The van der Waals surface area contributed by atoms with E-state index in [1.54, 1.807) is 29.9 Å². The number of nitro benzene ring substituents is 1. The van der Waals surface area contributed by atoms with Crippen LogP contribution >= 0.6 is 0 Å². The minimum absolute atomic E-state index is 0.189. The van der Waals surface area contributed by atoms with E-state index in [9.17, 15) is 18.5 Å². The van der Waals surface area contributed by atoms with E-state index >= 15 is 0 Å². The van der Waals surface area contributed by atoms with Gasteiger partial charge in [0, 0.05) is 18.8 Å². The molecule has 0 aliphatic carbocycles. The van der Waals surface area contributed by atoms with Gasteiger partial charge in [-0.05, 0) is 37.6 Å². The molecule has 0 radical (unpaired) electrons. The van der Waals surface area contributed by atoms with Gasteiger partial charge < -0.3 is 5.32 Å². The van der Waals surface area contributed by atoms with Gasteiger partial charge in [-0.25, -0.2) is 8.42 Å². The van der Waals surface area contributed by atoms with Crippen LogP contribution in [0.5, 0.6) is 0 Å². The van der Waals surface area contributed by atoms with Gasteiger partial charge in [0.2, 0.25) is 0 Å². The van der Waals surface area contributed by atoms with Gasteiger partial charge in [-0.15, -0.1) is 5.10 Å². The van der Waals surface area contributed by atoms with Crippen LogP contribution in [0.3, 0.4) is 0 Å². The first kappa shape index (κ1) is 20.3. The van der Waals surface area contributed by atoms with Crippen LogP contribution in [0.25, 0.3) is 0 Å².